The molecule has 0 radical (unpaired) electrons. The van der Waals surface area contributed by atoms with Crippen molar-refractivity contribution in [2.24, 2.45) is 0 Å². The molecule has 0 aliphatic carbocycles. The molecular formula is C12H20N4O. The zero-order valence-corrected chi connectivity index (χ0v) is 10.9. The van der Waals surface area contributed by atoms with Crippen molar-refractivity contribution in [3.8, 4) is 0 Å². The van der Waals surface area contributed by atoms with Crippen molar-refractivity contribution in [1.29, 1.82) is 0 Å². The number of hydrogen-bond acceptors (Lipinski definition) is 5. The van der Waals surface area contributed by atoms with Crippen LogP contribution in [-0.2, 0) is 4.74 Å². The van der Waals surface area contributed by atoms with Gasteiger partial charge in [-0.05, 0) is 27.7 Å². The van der Waals surface area contributed by atoms with Gasteiger partial charge in [0, 0.05) is 12.1 Å². The number of rotatable bonds is 1. The number of anilines is 2. The standard InChI is InChI=1S/C12H20N4O/c1-7-6-17-8(2)5-16(7)12-9(3)11(13)14-10(4)15-12/h7-8H,5-6H2,1-4H3,(H2,13,14,15). The maximum atomic E-state index is 5.90. The van der Waals surface area contributed by atoms with Crippen LogP contribution < -0.4 is 10.6 Å². The van der Waals surface area contributed by atoms with E-state index in [-0.39, 0.29) is 6.10 Å². The van der Waals surface area contributed by atoms with Gasteiger partial charge in [0.05, 0.1) is 18.8 Å². The largest absolute Gasteiger partial charge is 0.383 e. The Kier molecular flexibility index (Phi) is 3.19. The molecule has 2 heterocycles. The minimum absolute atomic E-state index is 0.224. The Labute approximate surface area is 102 Å². The lowest BCUT2D eigenvalue weighted by atomic mass is 10.1. The van der Waals surface area contributed by atoms with Crippen LogP contribution in [0.15, 0.2) is 0 Å². The first-order valence-electron chi connectivity index (χ1n) is 5.98. The molecule has 1 fully saturated rings. The summed E-state index contributed by atoms with van der Waals surface area (Å²) in [5.74, 6) is 2.23. The Morgan fingerprint density at radius 2 is 2.00 bits per heavy atom. The molecule has 0 spiro atoms. The van der Waals surface area contributed by atoms with Crippen LogP contribution in [0.1, 0.15) is 25.2 Å². The van der Waals surface area contributed by atoms with Gasteiger partial charge in [-0.1, -0.05) is 0 Å². The molecule has 2 N–H and O–H groups in total. The van der Waals surface area contributed by atoms with Crippen molar-refractivity contribution in [2.45, 2.75) is 39.8 Å². The molecule has 0 saturated carbocycles. The highest BCUT2D eigenvalue weighted by Crippen LogP contribution is 2.25. The van der Waals surface area contributed by atoms with Crippen LogP contribution in [-0.4, -0.2) is 35.3 Å². The average Bonchev–Trinajstić information content (AvgIpc) is 2.27. The van der Waals surface area contributed by atoms with E-state index in [2.05, 4.69) is 28.7 Å². The van der Waals surface area contributed by atoms with Gasteiger partial charge in [0.2, 0.25) is 0 Å². The number of morpholine rings is 1. The maximum Gasteiger partial charge on any atom is 0.137 e. The van der Waals surface area contributed by atoms with Gasteiger partial charge < -0.3 is 15.4 Å². The second-order valence-electron chi connectivity index (χ2n) is 4.75. The first-order valence-corrected chi connectivity index (χ1v) is 5.98. The van der Waals surface area contributed by atoms with E-state index in [1.54, 1.807) is 0 Å². The van der Waals surface area contributed by atoms with Crippen LogP contribution in [0.3, 0.4) is 0 Å². The number of hydrogen-bond donors (Lipinski definition) is 1. The molecule has 1 aromatic heterocycles. The van der Waals surface area contributed by atoms with Gasteiger partial charge in [0.25, 0.3) is 0 Å². The lowest BCUT2D eigenvalue weighted by molar-refractivity contribution is 0.0340. The molecule has 2 rings (SSSR count). The Bertz CT molecular complexity index is 421. The zero-order valence-electron chi connectivity index (χ0n) is 10.9. The molecule has 1 aliphatic heterocycles. The highest BCUT2D eigenvalue weighted by Gasteiger charge is 2.26. The van der Waals surface area contributed by atoms with E-state index in [0.29, 0.717) is 11.9 Å². The van der Waals surface area contributed by atoms with Gasteiger partial charge in [-0.15, -0.1) is 0 Å². The molecule has 17 heavy (non-hydrogen) atoms. The molecule has 1 aromatic rings. The first kappa shape index (κ1) is 12.1. The van der Waals surface area contributed by atoms with E-state index in [0.717, 1.165) is 30.4 Å². The number of aromatic nitrogens is 2. The van der Waals surface area contributed by atoms with Gasteiger partial charge in [-0.2, -0.15) is 0 Å². The Hall–Kier alpha value is -1.36. The third-order valence-electron chi connectivity index (χ3n) is 3.15. The van der Waals surface area contributed by atoms with Crippen LogP contribution in [0.4, 0.5) is 11.6 Å². The molecule has 94 valence electrons. The van der Waals surface area contributed by atoms with Crippen molar-refractivity contribution in [3.05, 3.63) is 11.4 Å². The summed E-state index contributed by atoms with van der Waals surface area (Å²) in [6.07, 6.45) is 0.224. The summed E-state index contributed by atoms with van der Waals surface area (Å²) < 4.78 is 5.63. The second-order valence-corrected chi connectivity index (χ2v) is 4.75. The molecule has 0 amide bonds. The van der Waals surface area contributed by atoms with Crippen molar-refractivity contribution < 1.29 is 4.74 Å². The first-order chi connectivity index (χ1) is 7.99. The van der Waals surface area contributed by atoms with E-state index < -0.39 is 0 Å². The van der Waals surface area contributed by atoms with Gasteiger partial charge in [0.15, 0.2) is 0 Å². The Morgan fingerprint density at radius 3 is 2.71 bits per heavy atom. The summed E-state index contributed by atoms with van der Waals surface area (Å²) in [5.41, 5.74) is 6.85. The Balaban J connectivity index is 2.38. The van der Waals surface area contributed by atoms with E-state index in [9.17, 15) is 0 Å². The van der Waals surface area contributed by atoms with Crippen molar-refractivity contribution in [3.63, 3.8) is 0 Å². The predicted octanol–water partition coefficient (Wildman–Crippen LogP) is 1.29. The van der Waals surface area contributed by atoms with Gasteiger partial charge in [0.1, 0.15) is 17.5 Å². The molecule has 2 atom stereocenters. The summed E-state index contributed by atoms with van der Waals surface area (Å²) in [7, 11) is 0. The smallest absolute Gasteiger partial charge is 0.137 e. The molecule has 5 heteroatoms. The molecule has 0 bridgehead atoms. The molecule has 5 nitrogen and oxygen atoms in total. The van der Waals surface area contributed by atoms with E-state index in [1.165, 1.54) is 0 Å². The summed E-state index contributed by atoms with van der Waals surface area (Å²) in [5, 5.41) is 0. The summed E-state index contributed by atoms with van der Waals surface area (Å²) in [4.78, 5) is 11.0. The number of nitrogen functional groups attached to an aromatic ring is 1. The number of ether oxygens (including phenoxy) is 1. The maximum absolute atomic E-state index is 5.90. The van der Waals surface area contributed by atoms with E-state index >= 15 is 0 Å². The minimum Gasteiger partial charge on any atom is -0.383 e. The topological polar surface area (TPSA) is 64.3 Å². The quantitative estimate of drug-likeness (QED) is 0.796. The van der Waals surface area contributed by atoms with Gasteiger partial charge in [-0.25, -0.2) is 9.97 Å². The van der Waals surface area contributed by atoms with Gasteiger partial charge in [-0.3, -0.25) is 0 Å². The second kappa shape index (κ2) is 4.49. The highest BCUT2D eigenvalue weighted by molar-refractivity contribution is 5.57. The third kappa shape index (κ3) is 2.34. The summed E-state index contributed by atoms with van der Waals surface area (Å²) in [6, 6.07) is 0.318. The summed E-state index contributed by atoms with van der Waals surface area (Å²) in [6.45, 7) is 9.62. The fourth-order valence-corrected chi connectivity index (χ4v) is 2.11. The number of aryl methyl sites for hydroxylation is 1. The van der Waals surface area contributed by atoms with E-state index in [4.69, 9.17) is 10.5 Å². The van der Waals surface area contributed by atoms with E-state index in [1.807, 2.05) is 13.8 Å². The molecule has 1 saturated heterocycles. The van der Waals surface area contributed by atoms with Crippen LogP contribution in [0.2, 0.25) is 0 Å². The highest BCUT2D eigenvalue weighted by atomic mass is 16.5. The average molecular weight is 236 g/mol. The number of nitrogens with two attached hydrogens (primary N) is 1. The predicted molar refractivity (Wildman–Crippen MR) is 68.1 cm³/mol. The van der Waals surface area contributed by atoms with Crippen molar-refractivity contribution >= 4 is 11.6 Å². The SMILES string of the molecule is Cc1nc(N)c(C)c(N2CC(C)OCC2C)n1. The minimum atomic E-state index is 0.224. The lowest BCUT2D eigenvalue weighted by Gasteiger charge is -2.38. The van der Waals surface area contributed by atoms with Crippen molar-refractivity contribution in [1.82, 2.24) is 9.97 Å². The van der Waals surface area contributed by atoms with Gasteiger partial charge >= 0.3 is 0 Å². The summed E-state index contributed by atoms with van der Waals surface area (Å²) >= 11 is 0. The third-order valence-corrected chi connectivity index (χ3v) is 3.15. The number of nitrogens with zero attached hydrogens (tertiary/aromatic N) is 3. The van der Waals surface area contributed by atoms with Crippen LogP contribution in [0.5, 0.6) is 0 Å². The fourth-order valence-electron chi connectivity index (χ4n) is 2.11. The fraction of sp³-hybridized carbons (Fsp3) is 0.667. The lowest BCUT2D eigenvalue weighted by Crippen LogP contribution is -2.48. The Morgan fingerprint density at radius 1 is 1.29 bits per heavy atom. The molecule has 1 aliphatic rings. The molecular weight excluding hydrogens is 216 g/mol. The van der Waals surface area contributed by atoms with Crippen LogP contribution in [0.25, 0.3) is 0 Å². The van der Waals surface area contributed by atoms with Crippen LogP contribution >= 0.6 is 0 Å². The normalized spacial score (nSPS) is 25.1. The monoisotopic (exact) mass is 236 g/mol. The molecule has 0 aromatic carbocycles. The van der Waals surface area contributed by atoms with Crippen molar-refractivity contribution in [2.75, 3.05) is 23.8 Å². The zero-order chi connectivity index (χ0) is 12.6. The van der Waals surface area contributed by atoms with Crippen LogP contribution in [0, 0.1) is 13.8 Å². The molecule has 2 unspecified atom stereocenters.